The van der Waals surface area contributed by atoms with Gasteiger partial charge in [-0.1, -0.05) is 25.4 Å². The fraction of sp³-hybridized carbons (Fsp3) is 0.556. The Morgan fingerprint density at radius 1 is 1.08 bits per heavy atom. The number of ether oxygens (including phenoxy) is 1. The topological polar surface area (TPSA) is 90.3 Å². The molecular formula is C18H27ClN2O5. The van der Waals surface area contributed by atoms with Gasteiger partial charge in [0.15, 0.2) is 0 Å². The van der Waals surface area contributed by atoms with E-state index in [-0.39, 0.29) is 0 Å². The van der Waals surface area contributed by atoms with Gasteiger partial charge in [-0.3, -0.25) is 4.90 Å². The molecule has 0 saturated carbocycles. The van der Waals surface area contributed by atoms with Crippen molar-refractivity contribution in [1.82, 2.24) is 9.80 Å². The molecule has 0 radical (unpaired) electrons. The first-order valence-electron chi connectivity index (χ1n) is 8.69. The summed E-state index contributed by atoms with van der Waals surface area (Å²) in [6, 6.07) is 5.93. The molecule has 0 atom stereocenters. The number of carbonyl (C=O) groups is 2. The van der Waals surface area contributed by atoms with Crippen molar-refractivity contribution in [3.63, 3.8) is 0 Å². The van der Waals surface area contributed by atoms with E-state index in [4.69, 9.17) is 36.1 Å². The van der Waals surface area contributed by atoms with Gasteiger partial charge in [0.05, 0.1) is 0 Å². The van der Waals surface area contributed by atoms with Crippen molar-refractivity contribution in [2.75, 3.05) is 45.9 Å². The lowest BCUT2D eigenvalue weighted by Gasteiger charge is -2.33. The van der Waals surface area contributed by atoms with Gasteiger partial charge < -0.3 is 19.8 Å². The third-order valence-corrected chi connectivity index (χ3v) is 4.54. The fourth-order valence-corrected chi connectivity index (χ4v) is 2.78. The van der Waals surface area contributed by atoms with Crippen molar-refractivity contribution in [2.45, 2.75) is 20.3 Å². The smallest absolute Gasteiger partial charge is 0.414 e. The van der Waals surface area contributed by atoms with Crippen molar-refractivity contribution in [3.05, 3.63) is 28.8 Å². The molecule has 1 aliphatic heterocycles. The van der Waals surface area contributed by atoms with Crippen LogP contribution in [0.15, 0.2) is 18.2 Å². The second-order valence-electron chi connectivity index (χ2n) is 5.84. The SMILES string of the molecule is CCc1cc(OCCN2CCN(CC)CC2)ccc1Cl.O=C(O)C(=O)O. The first-order chi connectivity index (χ1) is 12.4. The maximum atomic E-state index is 9.10. The van der Waals surface area contributed by atoms with Crippen LogP contribution in [0.3, 0.4) is 0 Å². The van der Waals surface area contributed by atoms with E-state index < -0.39 is 11.9 Å². The van der Waals surface area contributed by atoms with Gasteiger partial charge in [-0.25, -0.2) is 9.59 Å². The normalized spacial score (nSPS) is 15.0. The highest BCUT2D eigenvalue weighted by atomic mass is 35.5. The van der Waals surface area contributed by atoms with E-state index in [1.165, 1.54) is 13.1 Å². The minimum Gasteiger partial charge on any atom is -0.492 e. The van der Waals surface area contributed by atoms with Crippen LogP contribution >= 0.6 is 11.6 Å². The van der Waals surface area contributed by atoms with Crippen LogP contribution in [0, 0.1) is 0 Å². The average molecular weight is 387 g/mol. The van der Waals surface area contributed by atoms with E-state index in [0.29, 0.717) is 0 Å². The number of carboxylic acid groups (broad SMARTS) is 2. The van der Waals surface area contributed by atoms with E-state index in [9.17, 15) is 0 Å². The van der Waals surface area contributed by atoms with Gasteiger partial charge >= 0.3 is 11.9 Å². The monoisotopic (exact) mass is 386 g/mol. The number of benzene rings is 1. The average Bonchev–Trinajstić information content (AvgIpc) is 2.64. The molecule has 146 valence electrons. The van der Waals surface area contributed by atoms with Crippen LogP contribution in [0.2, 0.25) is 5.02 Å². The fourth-order valence-electron chi connectivity index (χ4n) is 2.53. The summed E-state index contributed by atoms with van der Waals surface area (Å²) >= 11 is 6.11. The molecule has 1 aliphatic rings. The summed E-state index contributed by atoms with van der Waals surface area (Å²) in [5.41, 5.74) is 1.15. The van der Waals surface area contributed by atoms with Crippen molar-refractivity contribution in [2.24, 2.45) is 0 Å². The van der Waals surface area contributed by atoms with Crippen LogP contribution in [-0.2, 0) is 16.0 Å². The largest absolute Gasteiger partial charge is 0.492 e. The van der Waals surface area contributed by atoms with E-state index in [0.717, 1.165) is 55.5 Å². The Hall–Kier alpha value is -1.83. The molecule has 0 amide bonds. The molecule has 0 aliphatic carbocycles. The number of rotatable bonds is 6. The highest BCUT2D eigenvalue weighted by molar-refractivity contribution is 6.31. The van der Waals surface area contributed by atoms with Crippen LogP contribution in [0.4, 0.5) is 0 Å². The van der Waals surface area contributed by atoms with Crippen molar-refractivity contribution >= 4 is 23.5 Å². The van der Waals surface area contributed by atoms with Gasteiger partial charge in [0.1, 0.15) is 12.4 Å². The second kappa shape index (κ2) is 11.7. The number of aliphatic carboxylic acids is 2. The Bertz CT molecular complexity index is 577. The van der Waals surface area contributed by atoms with Gasteiger partial charge in [-0.2, -0.15) is 0 Å². The van der Waals surface area contributed by atoms with Crippen LogP contribution in [0.1, 0.15) is 19.4 Å². The molecule has 26 heavy (non-hydrogen) atoms. The summed E-state index contributed by atoms with van der Waals surface area (Å²) in [4.78, 5) is 23.2. The van der Waals surface area contributed by atoms with Crippen molar-refractivity contribution in [1.29, 1.82) is 0 Å². The Balaban J connectivity index is 0.000000487. The number of halogens is 1. The summed E-state index contributed by atoms with van der Waals surface area (Å²) < 4.78 is 5.85. The molecule has 7 nitrogen and oxygen atoms in total. The molecular weight excluding hydrogens is 360 g/mol. The maximum Gasteiger partial charge on any atom is 0.414 e. The van der Waals surface area contributed by atoms with E-state index in [1.54, 1.807) is 0 Å². The molecule has 8 heteroatoms. The highest BCUT2D eigenvalue weighted by Crippen LogP contribution is 2.22. The zero-order valence-corrected chi connectivity index (χ0v) is 16.0. The summed E-state index contributed by atoms with van der Waals surface area (Å²) in [7, 11) is 0. The lowest BCUT2D eigenvalue weighted by Crippen LogP contribution is -2.47. The standard InChI is InChI=1S/C16H25ClN2O.C2H2O4/c1-3-14-13-15(5-6-16(14)17)20-12-11-19-9-7-18(4-2)8-10-19;3-1(4)2(5)6/h5-6,13H,3-4,7-12H2,1-2H3;(H,3,4)(H,5,6). The van der Waals surface area contributed by atoms with E-state index >= 15 is 0 Å². The molecule has 1 aromatic carbocycles. The molecule has 1 heterocycles. The Labute approximate surface area is 159 Å². The minimum atomic E-state index is -1.82. The minimum absolute atomic E-state index is 0.747. The quantitative estimate of drug-likeness (QED) is 0.723. The predicted molar refractivity (Wildman–Crippen MR) is 100 cm³/mol. The molecule has 1 aromatic rings. The highest BCUT2D eigenvalue weighted by Gasteiger charge is 2.14. The third kappa shape index (κ3) is 8.03. The number of carboxylic acids is 2. The van der Waals surface area contributed by atoms with Crippen molar-refractivity contribution in [3.8, 4) is 5.75 Å². The zero-order chi connectivity index (χ0) is 19.5. The second-order valence-corrected chi connectivity index (χ2v) is 6.25. The molecule has 1 saturated heterocycles. The number of hydrogen-bond donors (Lipinski definition) is 2. The van der Waals surface area contributed by atoms with Gasteiger partial charge in [-0.05, 0) is 36.7 Å². The third-order valence-electron chi connectivity index (χ3n) is 4.17. The Morgan fingerprint density at radius 2 is 1.65 bits per heavy atom. The lowest BCUT2D eigenvalue weighted by atomic mass is 10.1. The predicted octanol–water partition coefficient (Wildman–Crippen LogP) is 2.07. The molecule has 1 fully saturated rings. The number of likely N-dealkylation sites (N-methyl/N-ethyl adjacent to an activating group) is 1. The first-order valence-corrected chi connectivity index (χ1v) is 9.07. The summed E-state index contributed by atoms with van der Waals surface area (Å²) in [6.07, 6.45) is 0.939. The summed E-state index contributed by atoms with van der Waals surface area (Å²) in [5.74, 6) is -2.72. The zero-order valence-electron chi connectivity index (χ0n) is 15.3. The number of hydrogen-bond acceptors (Lipinski definition) is 5. The van der Waals surface area contributed by atoms with Gasteiger partial charge in [0, 0.05) is 37.7 Å². The molecule has 0 bridgehead atoms. The Morgan fingerprint density at radius 3 is 2.15 bits per heavy atom. The van der Waals surface area contributed by atoms with Gasteiger partial charge in [0.2, 0.25) is 0 Å². The molecule has 2 N–H and O–H groups in total. The summed E-state index contributed by atoms with van der Waals surface area (Å²) in [6.45, 7) is 11.9. The molecule has 2 rings (SSSR count). The number of nitrogens with zero attached hydrogens (tertiary/aromatic N) is 2. The summed E-state index contributed by atoms with van der Waals surface area (Å²) in [5, 5.41) is 15.6. The first kappa shape index (κ1) is 22.2. The molecule has 0 aromatic heterocycles. The van der Waals surface area contributed by atoms with Gasteiger partial charge in [0.25, 0.3) is 0 Å². The van der Waals surface area contributed by atoms with Crippen LogP contribution in [-0.4, -0.2) is 77.8 Å². The van der Waals surface area contributed by atoms with Gasteiger partial charge in [-0.15, -0.1) is 0 Å². The van der Waals surface area contributed by atoms with E-state index in [1.807, 2.05) is 12.1 Å². The van der Waals surface area contributed by atoms with Crippen LogP contribution in [0.5, 0.6) is 5.75 Å². The van der Waals surface area contributed by atoms with Crippen LogP contribution < -0.4 is 4.74 Å². The lowest BCUT2D eigenvalue weighted by molar-refractivity contribution is -0.159. The van der Waals surface area contributed by atoms with E-state index in [2.05, 4.69) is 29.7 Å². The molecule has 0 spiro atoms. The van der Waals surface area contributed by atoms with Crippen LogP contribution in [0.25, 0.3) is 0 Å². The molecule has 0 unspecified atom stereocenters. The maximum absolute atomic E-state index is 9.10. The number of aryl methyl sites for hydroxylation is 1. The Kier molecular flexibility index (Phi) is 10.0. The van der Waals surface area contributed by atoms with Crippen molar-refractivity contribution < 1.29 is 24.5 Å². The number of piperazine rings is 1.